The second-order valence-electron chi connectivity index (χ2n) is 5.04. The SMILES string of the molecule is CCC(CNC(N)=NC)N1CCc2ccccc2C1. The van der Waals surface area contributed by atoms with Gasteiger partial charge in [0.2, 0.25) is 0 Å². The van der Waals surface area contributed by atoms with E-state index in [0.717, 1.165) is 32.5 Å². The first-order valence-corrected chi connectivity index (χ1v) is 7.01. The van der Waals surface area contributed by atoms with Crippen molar-refractivity contribution in [3.63, 3.8) is 0 Å². The minimum absolute atomic E-state index is 0.508. The predicted molar refractivity (Wildman–Crippen MR) is 80.2 cm³/mol. The van der Waals surface area contributed by atoms with Crippen LogP contribution in [0, 0.1) is 0 Å². The average molecular weight is 260 g/mol. The van der Waals surface area contributed by atoms with Gasteiger partial charge in [0.05, 0.1) is 0 Å². The van der Waals surface area contributed by atoms with Gasteiger partial charge in [-0.1, -0.05) is 31.2 Å². The van der Waals surface area contributed by atoms with E-state index >= 15 is 0 Å². The lowest BCUT2D eigenvalue weighted by molar-refractivity contribution is 0.174. The molecule has 1 aliphatic heterocycles. The van der Waals surface area contributed by atoms with Crippen molar-refractivity contribution in [2.75, 3.05) is 20.1 Å². The van der Waals surface area contributed by atoms with Crippen molar-refractivity contribution >= 4 is 5.96 Å². The van der Waals surface area contributed by atoms with Crippen LogP contribution in [0.15, 0.2) is 29.3 Å². The van der Waals surface area contributed by atoms with Crippen molar-refractivity contribution in [1.29, 1.82) is 0 Å². The Morgan fingerprint density at radius 2 is 2.16 bits per heavy atom. The Labute approximate surface area is 115 Å². The van der Waals surface area contributed by atoms with Gasteiger partial charge in [0.25, 0.3) is 0 Å². The highest BCUT2D eigenvalue weighted by Gasteiger charge is 2.21. The number of benzene rings is 1. The van der Waals surface area contributed by atoms with Gasteiger partial charge in [-0.25, -0.2) is 0 Å². The summed E-state index contributed by atoms with van der Waals surface area (Å²) in [5.41, 5.74) is 8.66. The van der Waals surface area contributed by atoms with Gasteiger partial charge in [-0.05, 0) is 24.0 Å². The molecule has 0 saturated heterocycles. The number of fused-ring (bicyclic) bond motifs is 1. The van der Waals surface area contributed by atoms with Crippen molar-refractivity contribution in [2.24, 2.45) is 10.7 Å². The zero-order valence-corrected chi connectivity index (χ0v) is 11.9. The molecule has 1 aliphatic rings. The van der Waals surface area contributed by atoms with E-state index in [1.54, 1.807) is 7.05 Å². The summed E-state index contributed by atoms with van der Waals surface area (Å²) in [7, 11) is 1.71. The predicted octanol–water partition coefficient (Wildman–Crippen LogP) is 1.36. The van der Waals surface area contributed by atoms with Crippen LogP contribution in [0.25, 0.3) is 0 Å². The molecule has 1 aromatic rings. The van der Waals surface area contributed by atoms with Crippen LogP contribution in [0.5, 0.6) is 0 Å². The van der Waals surface area contributed by atoms with Gasteiger partial charge in [-0.15, -0.1) is 0 Å². The maximum absolute atomic E-state index is 5.70. The molecule has 1 unspecified atom stereocenters. The molecule has 0 amide bonds. The lowest BCUT2D eigenvalue weighted by Gasteiger charge is -2.35. The maximum Gasteiger partial charge on any atom is 0.188 e. The van der Waals surface area contributed by atoms with Crippen LogP contribution in [0.4, 0.5) is 0 Å². The van der Waals surface area contributed by atoms with Crippen LogP contribution >= 0.6 is 0 Å². The Morgan fingerprint density at radius 3 is 2.84 bits per heavy atom. The van der Waals surface area contributed by atoms with Crippen molar-refractivity contribution in [3.8, 4) is 0 Å². The lowest BCUT2D eigenvalue weighted by Crippen LogP contribution is -2.47. The molecule has 4 nitrogen and oxygen atoms in total. The molecule has 4 heteroatoms. The second kappa shape index (κ2) is 6.57. The van der Waals surface area contributed by atoms with Gasteiger partial charge in [0, 0.05) is 32.7 Å². The molecule has 1 heterocycles. The first-order valence-electron chi connectivity index (χ1n) is 7.01. The molecule has 19 heavy (non-hydrogen) atoms. The normalized spacial score (nSPS) is 17.9. The Bertz CT molecular complexity index is 442. The standard InChI is InChI=1S/C15H24N4/c1-3-14(10-18-15(16)17-2)19-9-8-12-6-4-5-7-13(12)11-19/h4-7,14H,3,8-11H2,1-2H3,(H3,16,17,18). The van der Waals surface area contributed by atoms with E-state index in [4.69, 9.17) is 5.73 Å². The molecule has 0 aliphatic carbocycles. The Balaban J connectivity index is 1.98. The summed E-state index contributed by atoms with van der Waals surface area (Å²) in [6, 6.07) is 9.25. The quantitative estimate of drug-likeness (QED) is 0.635. The van der Waals surface area contributed by atoms with E-state index in [1.807, 2.05) is 0 Å². The molecule has 104 valence electrons. The van der Waals surface area contributed by atoms with Crippen LogP contribution in [-0.4, -0.2) is 37.0 Å². The molecule has 1 atom stereocenters. The van der Waals surface area contributed by atoms with Gasteiger partial charge in [-0.2, -0.15) is 0 Å². The Hall–Kier alpha value is -1.55. The van der Waals surface area contributed by atoms with E-state index in [-0.39, 0.29) is 0 Å². The number of nitrogens with two attached hydrogens (primary N) is 1. The third-order valence-corrected chi connectivity index (χ3v) is 3.91. The molecular formula is C15H24N4. The van der Waals surface area contributed by atoms with E-state index in [1.165, 1.54) is 11.1 Å². The fourth-order valence-electron chi connectivity index (χ4n) is 2.66. The summed E-state index contributed by atoms with van der Waals surface area (Å²) in [6.07, 6.45) is 2.26. The van der Waals surface area contributed by atoms with Crippen LogP contribution in [0.2, 0.25) is 0 Å². The van der Waals surface area contributed by atoms with Crippen LogP contribution in [0.3, 0.4) is 0 Å². The number of guanidine groups is 1. The minimum atomic E-state index is 0.508. The molecule has 0 spiro atoms. The third-order valence-electron chi connectivity index (χ3n) is 3.91. The van der Waals surface area contributed by atoms with E-state index in [2.05, 4.69) is 46.4 Å². The van der Waals surface area contributed by atoms with Crippen molar-refractivity contribution in [1.82, 2.24) is 10.2 Å². The number of hydrogen-bond acceptors (Lipinski definition) is 2. The summed E-state index contributed by atoms with van der Waals surface area (Å²) in [4.78, 5) is 6.48. The molecule has 0 fully saturated rings. The number of nitrogens with one attached hydrogen (secondary N) is 1. The molecule has 0 radical (unpaired) electrons. The molecule has 1 aromatic carbocycles. The summed E-state index contributed by atoms with van der Waals surface area (Å²) < 4.78 is 0. The fraction of sp³-hybridized carbons (Fsp3) is 0.533. The number of rotatable bonds is 4. The Kier molecular flexibility index (Phi) is 4.80. The molecular weight excluding hydrogens is 236 g/mol. The fourth-order valence-corrected chi connectivity index (χ4v) is 2.66. The Morgan fingerprint density at radius 1 is 1.42 bits per heavy atom. The van der Waals surface area contributed by atoms with Crippen LogP contribution in [0.1, 0.15) is 24.5 Å². The number of nitrogens with zero attached hydrogens (tertiary/aromatic N) is 2. The highest BCUT2D eigenvalue weighted by Crippen LogP contribution is 2.20. The van der Waals surface area contributed by atoms with Gasteiger partial charge in [-0.3, -0.25) is 9.89 Å². The third kappa shape index (κ3) is 3.47. The number of aliphatic imine (C=N–C) groups is 1. The zero-order valence-electron chi connectivity index (χ0n) is 11.9. The van der Waals surface area contributed by atoms with Crippen LogP contribution in [-0.2, 0) is 13.0 Å². The molecule has 3 N–H and O–H groups in total. The molecule has 0 saturated carbocycles. The van der Waals surface area contributed by atoms with E-state index in [0.29, 0.717) is 12.0 Å². The first kappa shape index (κ1) is 13.9. The average Bonchev–Trinajstić information content (AvgIpc) is 2.47. The highest BCUT2D eigenvalue weighted by atomic mass is 15.2. The van der Waals surface area contributed by atoms with Gasteiger partial charge >= 0.3 is 0 Å². The molecule has 0 bridgehead atoms. The van der Waals surface area contributed by atoms with E-state index in [9.17, 15) is 0 Å². The summed E-state index contributed by atoms with van der Waals surface area (Å²) in [5, 5.41) is 3.19. The second-order valence-corrected chi connectivity index (χ2v) is 5.04. The lowest BCUT2D eigenvalue weighted by atomic mass is 9.98. The monoisotopic (exact) mass is 260 g/mol. The van der Waals surface area contributed by atoms with Crippen molar-refractivity contribution < 1.29 is 0 Å². The van der Waals surface area contributed by atoms with Crippen LogP contribution < -0.4 is 11.1 Å². The largest absolute Gasteiger partial charge is 0.370 e. The first-order chi connectivity index (χ1) is 9.24. The topological polar surface area (TPSA) is 53.6 Å². The zero-order chi connectivity index (χ0) is 13.7. The molecule has 0 aromatic heterocycles. The van der Waals surface area contributed by atoms with Gasteiger partial charge < -0.3 is 11.1 Å². The highest BCUT2D eigenvalue weighted by molar-refractivity contribution is 5.77. The molecule has 2 rings (SSSR count). The van der Waals surface area contributed by atoms with Crippen molar-refractivity contribution in [3.05, 3.63) is 35.4 Å². The van der Waals surface area contributed by atoms with E-state index < -0.39 is 0 Å². The summed E-state index contributed by atoms with van der Waals surface area (Å²) in [5.74, 6) is 0.524. The van der Waals surface area contributed by atoms with Crippen molar-refractivity contribution in [2.45, 2.75) is 32.4 Å². The summed E-state index contributed by atoms with van der Waals surface area (Å²) >= 11 is 0. The van der Waals surface area contributed by atoms with Gasteiger partial charge in [0.1, 0.15) is 0 Å². The number of hydrogen-bond donors (Lipinski definition) is 2. The maximum atomic E-state index is 5.70. The summed E-state index contributed by atoms with van der Waals surface area (Å²) in [6.45, 7) is 5.26. The smallest absolute Gasteiger partial charge is 0.188 e. The van der Waals surface area contributed by atoms with Gasteiger partial charge in [0.15, 0.2) is 5.96 Å². The minimum Gasteiger partial charge on any atom is -0.370 e.